The fourth-order valence-corrected chi connectivity index (χ4v) is 1.97. The smallest absolute Gasteiger partial charge is 0.318 e. The van der Waals surface area contributed by atoms with Crippen LogP contribution in [0, 0.1) is 0 Å². The zero-order chi connectivity index (χ0) is 16.8. The molecule has 0 spiro atoms. The molecule has 0 saturated carbocycles. The van der Waals surface area contributed by atoms with Crippen molar-refractivity contribution in [2.24, 2.45) is 0 Å². The number of hydrogen-bond donors (Lipinski definition) is 2. The maximum absolute atomic E-state index is 12.3. The van der Waals surface area contributed by atoms with Gasteiger partial charge in [0.25, 0.3) is 0 Å². The van der Waals surface area contributed by atoms with E-state index in [0.717, 1.165) is 5.56 Å². The first kappa shape index (κ1) is 17.9. The molecule has 1 heterocycles. The zero-order valence-electron chi connectivity index (χ0n) is 14.0. The number of urea groups is 1. The Morgan fingerprint density at radius 2 is 1.86 bits per heavy atom. The number of rotatable bonds is 5. The number of nitrogens with one attached hydrogen (secondary N) is 2. The average molecular weight is 306 g/mol. The zero-order valence-corrected chi connectivity index (χ0v) is 14.0. The molecule has 3 amide bonds. The van der Waals surface area contributed by atoms with Gasteiger partial charge in [-0.2, -0.15) is 0 Å². The molecule has 2 N–H and O–H groups in total. The molecule has 122 valence electrons. The van der Waals surface area contributed by atoms with Gasteiger partial charge in [-0.05, 0) is 52.3 Å². The quantitative estimate of drug-likeness (QED) is 0.874. The van der Waals surface area contributed by atoms with E-state index in [1.165, 1.54) is 4.90 Å². The molecule has 1 atom stereocenters. The van der Waals surface area contributed by atoms with E-state index >= 15 is 0 Å². The van der Waals surface area contributed by atoms with Crippen LogP contribution < -0.4 is 10.6 Å². The van der Waals surface area contributed by atoms with Gasteiger partial charge in [-0.15, -0.1) is 0 Å². The summed E-state index contributed by atoms with van der Waals surface area (Å²) >= 11 is 0. The summed E-state index contributed by atoms with van der Waals surface area (Å²) in [4.78, 5) is 29.7. The van der Waals surface area contributed by atoms with Crippen LogP contribution in [0.1, 0.15) is 46.2 Å². The summed E-state index contributed by atoms with van der Waals surface area (Å²) < 4.78 is 0. The number of aromatic nitrogens is 1. The summed E-state index contributed by atoms with van der Waals surface area (Å²) in [6.07, 6.45) is 3.37. The molecule has 0 aliphatic carbocycles. The summed E-state index contributed by atoms with van der Waals surface area (Å²) in [7, 11) is 0. The molecular formula is C16H26N4O2. The summed E-state index contributed by atoms with van der Waals surface area (Å²) in [6.45, 7) is 9.98. The highest BCUT2D eigenvalue weighted by atomic mass is 16.2. The third-order valence-corrected chi connectivity index (χ3v) is 3.06. The van der Waals surface area contributed by atoms with Crippen LogP contribution in [-0.2, 0) is 4.79 Å². The Kier molecular flexibility index (Phi) is 6.34. The molecule has 0 aliphatic rings. The van der Waals surface area contributed by atoms with Gasteiger partial charge < -0.3 is 15.5 Å². The topological polar surface area (TPSA) is 74.3 Å². The van der Waals surface area contributed by atoms with E-state index in [2.05, 4.69) is 15.6 Å². The molecule has 0 bridgehead atoms. The number of likely N-dealkylation sites (N-methyl/N-ethyl adjacent to an activating group) is 1. The fraction of sp³-hybridized carbons (Fsp3) is 0.562. The average Bonchev–Trinajstić information content (AvgIpc) is 2.43. The molecule has 0 fully saturated rings. The van der Waals surface area contributed by atoms with E-state index < -0.39 is 0 Å². The number of carbonyl (C=O) groups is 2. The molecule has 1 aromatic rings. The Hall–Kier alpha value is -2.11. The highest BCUT2D eigenvalue weighted by molar-refractivity contribution is 5.84. The van der Waals surface area contributed by atoms with Gasteiger partial charge in [0.2, 0.25) is 5.91 Å². The first-order chi connectivity index (χ1) is 10.2. The van der Waals surface area contributed by atoms with Crippen LogP contribution in [0.3, 0.4) is 0 Å². The normalized spacial score (nSPS) is 12.4. The SMILES string of the molecule is CCN(CC(=O)NC(C)(C)C)C(=O)N[C@@H](C)c1ccncc1. The van der Waals surface area contributed by atoms with Crippen LogP contribution in [0.5, 0.6) is 0 Å². The predicted molar refractivity (Wildman–Crippen MR) is 86.3 cm³/mol. The number of carbonyl (C=O) groups excluding carboxylic acids is 2. The van der Waals surface area contributed by atoms with Crippen LogP contribution in [0.25, 0.3) is 0 Å². The molecule has 0 aliphatic heterocycles. The molecule has 6 heteroatoms. The van der Waals surface area contributed by atoms with Crippen molar-refractivity contribution in [2.45, 2.75) is 46.2 Å². The fourth-order valence-electron chi connectivity index (χ4n) is 1.97. The van der Waals surface area contributed by atoms with Crippen molar-refractivity contribution in [3.8, 4) is 0 Å². The minimum Gasteiger partial charge on any atom is -0.350 e. The molecule has 0 unspecified atom stereocenters. The van der Waals surface area contributed by atoms with E-state index in [1.54, 1.807) is 12.4 Å². The van der Waals surface area contributed by atoms with Crippen LogP contribution in [-0.4, -0.2) is 40.5 Å². The van der Waals surface area contributed by atoms with E-state index in [9.17, 15) is 9.59 Å². The van der Waals surface area contributed by atoms with Crippen molar-refractivity contribution in [2.75, 3.05) is 13.1 Å². The van der Waals surface area contributed by atoms with Crippen LogP contribution >= 0.6 is 0 Å². The Bertz CT molecular complexity index is 497. The third-order valence-electron chi connectivity index (χ3n) is 3.06. The minimum absolute atomic E-state index is 0.0443. The van der Waals surface area contributed by atoms with Gasteiger partial charge in [0.05, 0.1) is 6.04 Å². The standard InChI is InChI=1S/C16H26N4O2/c1-6-20(11-14(21)19-16(3,4)5)15(22)18-12(2)13-7-9-17-10-8-13/h7-10,12H,6,11H2,1-5H3,(H,18,22)(H,19,21)/t12-/m0/s1. The second-order valence-corrected chi connectivity index (χ2v) is 6.26. The molecule has 0 aromatic carbocycles. The van der Waals surface area contributed by atoms with E-state index in [0.29, 0.717) is 6.54 Å². The van der Waals surface area contributed by atoms with Gasteiger partial charge in [0.15, 0.2) is 0 Å². The van der Waals surface area contributed by atoms with Gasteiger partial charge in [-0.1, -0.05) is 0 Å². The molecule has 22 heavy (non-hydrogen) atoms. The van der Waals surface area contributed by atoms with E-state index in [-0.39, 0.29) is 30.1 Å². The van der Waals surface area contributed by atoms with Crippen LogP contribution in [0.15, 0.2) is 24.5 Å². The number of amides is 3. The predicted octanol–water partition coefficient (Wildman–Crippen LogP) is 2.09. The summed E-state index contributed by atoms with van der Waals surface area (Å²) in [5, 5.41) is 5.75. The van der Waals surface area contributed by atoms with Crippen molar-refractivity contribution in [3.05, 3.63) is 30.1 Å². The van der Waals surface area contributed by atoms with Crippen molar-refractivity contribution in [1.29, 1.82) is 0 Å². The van der Waals surface area contributed by atoms with Crippen molar-refractivity contribution in [1.82, 2.24) is 20.5 Å². The number of pyridine rings is 1. The lowest BCUT2D eigenvalue weighted by Gasteiger charge is -2.26. The summed E-state index contributed by atoms with van der Waals surface area (Å²) in [5.41, 5.74) is 0.663. The van der Waals surface area contributed by atoms with Gasteiger partial charge in [-0.3, -0.25) is 9.78 Å². The van der Waals surface area contributed by atoms with Gasteiger partial charge >= 0.3 is 6.03 Å². The van der Waals surface area contributed by atoms with Gasteiger partial charge in [-0.25, -0.2) is 4.79 Å². The van der Waals surface area contributed by atoms with Crippen LogP contribution in [0.2, 0.25) is 0 Å². The highest BCUT2D eigenvalue weighted by Crippen LogP contribution is 2.10. The van der Waals surface area contributed by atoms with Crippen molar-refractivity contribution in [3.63, 3.8) is 0 Å². The summed E-state index contributed by atoms with van der Waals surface area (Å²) in [5.74, 6) is -0.166. The Balaban J connectivity index is 2.59. The second kappa shape index (κ2) is 7.77. The molecule has 1 rings (SSSR count). The Morgan fingerprint density at radius 1 is 1.27 bits per heavy atom. The number of nitrogens with zero attached hydrogens (tertiary/aromatic N) is 2. The molecular weight excluding hydrogens is 280 g/mol. The molecule has 6 nitrogen and oxygen atoms in total. The second-order valence-electron chi connectivity index (χ2n) is 6.26. The van der Waals surface area contributed by atoms with Crippen molar-refractivity contribution >= 4 is 11.9 Å². The lowest BCUT2D eigenvalue weighted by molar-refractivity contribution is -0.123. The molecule has 0 radical (unpaired) electrons. The molecule has 1 aromatic heterocycles. The lowest BCUT2D eigenvalue weighted by Crippen LogP contribution is -2.49. The highest BCUT2D eigenvalue weighted by Gasteiger charge is 2.20. The van der Waals surface area contributed by atoms with E-state index in [1.807, 2.05) is 46.8 Å². The minimum atomic E-state index is -0.308. The third kappa shape index (κ3) is 6.11. The Labute approximate surface area is 132 Å². The number of hydrogen-bond acceptors (Lipinski definition) is 3. The van der Waals surface area contributed by atoms with Crippen LogP contribution in [0.4, 0.5) is 4.79 Å². The monoisotopic (exact) mass is 306 g/mol. The first-order valence-corrected chi connectivity index (χ1v) is 7.49. The van der Waals surface area contributed by atoms with E-state index in [4.69, 9.17) is 0 Å². The molecule has 0 saturated heterocycles. The lowest BCUT2D eigenvalue weighted by atomic mass is 10.1. The summed E-state index contributed by atoms with van der Waals surface area (Å²) in [6, 6.07) is 3.31. The maximum Gasteiger partial charge on any atom is 0.318 e. The van der Waals surface area contributed by atoms with Gasteiger partial charge in [0, 0.05) is 24.5 Å². The van der Waals surface area contributed by atoms with Crippen molar-refractivity contribution < 1.29 is 9.59 Å². The van der Waals surface area contributed by atoms with Gasteiger partial charge in [0.1, 0.15) is 6.54 Å². The Morgan fingerprint density at radius 3 is 2.36 bits per heavy atom. The largest absolute Gasteiger partial charge is 0.350 e. The maximum atomic E-state index is 12.3. The first-order valence-electron chi connectivity index (χ1n) is 7.49.